The second kappa shape index (κ2) is 10.7. The quantitative estimate of drug-likeness (QED) is 0.163. The van der Waals surface area contributed by atoms with Crippen LogP contribution in [0.4, 0.5) is 21.5 Å². The maximum atomic E-state index is 14.5. The van der Waals surface area contributed by atoms with E-state index < -0.39 is 69.4 Å². The molecule has 1 N–H and O–H groups in total. The van der Waals surface area contributed by atoms with Gasteiger partial charge in [-0.1, -0.05) is 35.4 Å². The Hall–Kier alpha value is -5.10. The van der Waals surface area contributed by atoms with Crippen LogP contribution in [-0.2, 0) is 19.2 Å². The van der Waals surface area contributed by atoms with Crippen LogP contribution in [-0.4, -0.2) is 40.8 Å². The van der Waals surface area contributed by atoms with E-state index in [0.717, 1.165) is 15.9 Å². The molecule has 1 saturated carbocycles. The van der Waals surface area contributed by atoms with Gasteiger partial charge in [0, 0.05) is 23.6 Å². The van der Waals surface area contributed by atoms with Crippen LogP contribution in [0.2, 0.25) is 5.02 Å². The summed E-state index contributed by atoms with van der Waals surface area (Å²) in [5.74, 6) is -7.16. The number of methoxy groups -OCH3 is 1. The van der Waals surface area contributed by atoms with E-state index in [2.05, 4.69) is 0 Å². The third-order valence-corrected chi connectivity index (χ3v) is 10.6. The number of phenols is 1. The number of imide groups is 2. The molecule has 2 aliphatic carbocycles. The van der Waals surface area contributed by atoms with Gasteiger partial charge in [-0.2, -0.15) is 0 Å². The lowest BCUT2D eigenvalue weighted by molar-refractivity contribution is -0.384. The van der Waals surface area contributed by atoms with Crippen LogP contribution in [0.5, 0.6) is 11.5 Å². The Bertz CT molecular complexity index is 1950. The predicted molar refractivity (Wildman–Crippen MR) is 166 cm³/mol. The van der Waals surface area contributed by atoms with Gasteiger partial charge in [0.05, 0.1) is 51.6 Å². The highest BCUT2D eigenvalue weighted by atomic mass is 35.5. The van der Waals surface area contributed by atoms with Crippen LogP contribution in [0.25, 0.3) is 0 Å². The second-order valence-corrected chi connectivity index (χ2v) is 12.9. The number of carbonyl (C=O) groups excluding carboxylic acids is 4. The van der Waals surface area contributed by atoms with E-state index in [1.165, 1.54) is 43.5 Å². The number of carbonyl (C=O) groups is 4. The lowest BCUT2D eigenvalue weighted by atomic mass is 9.51. The summed E-state index contributed by atoms with van der Waals surface area (Å²) in [6.07, 6.45) is 2.04. The summed E-state index contributed by atoms with van der Waals surface area (Å²) >= 11 is 6.04. The molecule has 47 heavy (non-hydrogen) atoms. The van der Waals surface area contributed by atoms with E-state index in [9.17, 15) is 38.8 Å². The first-order valence-corrected chi connectivity index (χ1v) is 15.3. The zero-order valence-electron chi connectivity index (χ0n) is 25.1. The number of phenolic OH excluding ortho intramolecular Hbond substituents is 1. The summed E-state index contributed by atoms with van der Waals surface area (Å²) in [5, 5.41) is 22.3. The number of rotatable bonds is 5. The molecule has 3 aromatic rings. The van der Waals surface area contributed by atoms with Crippen LogP contribution >= 0.6 is 11.6 Å². The Labute approximate surface area is 272 Å². The molecule has 6 atom stereocenters. The fourth-order valence-electron chi connectivity index (χ4n) is 8.14. The predicted octanol–water partition coefficient (Wildman–Crippen LogP) is 5.54. The van der Waals surface area contributed by atoms with Gasteiger partial charge >= 0.3 is 0 Å². The fourth-order valence-corrected chi connectivity index (χ4v) is 8.32. The number of non-ortho nitro benzene ring substituents is 1. The SMILES string of the molecule is COc1cccc(C2C3=CCC4C(=O)N(c5ccc([N+](=O)[O-])cc5)C(=O)C4C3CC3C(=O)N(c4ccc(F)c(Cl)c4)C(=O)C32C)c1O. The van der Waals surface area contributed by atoms with Crippen LogP contribution in [0.3, 0.4) is 0 Å². The molecule has 6 unspecified atom stereocenters. The molecule has 2 heterocycles. The molecule has 2 aliphatic heterocycles. The van der Waals surface area contributed by atoms with Gasteiger partial charge in [0.15, 0.2) is 11.5 Å². The third-order valence-electron chi connectivity index (χ3n) is 10.3. The average molecular weight is 660 g/mol. The van der Waals surface area contributed by atoms with E-state index in [0.29, 0.717) is 11.1 Å². The summed E-state index contributed by atoms with van der Waals surface area (Å²) in [7, 11) is 1.39. The maximum Gasteiger partial charge on any atom is 0.269 e. The number of fused-ring (bicyclic) bond motifs is 4. The molecule has 0 radical (unpaired) electrons. The van der Waals surface area contributed by atoms with Crippen molar-refractivity contribution < 1.29 is 38.3 Å². The molecule has 240 valence electrons. The number of benzene rings is 3. The van der Waals surface area contributed by atoms with Crippen molar-refractivity contribution in [2.45, 2.75) is 25.7 Å². The minimum absolute atomic E-state index is 0.0495. The van der Waals surface area contributed by atoms with Gasteiger partial charge < -0.3 is 9.84 Å². The van der Waals surface area contributed by atoms with Gasteiger partial charge in [0.1, 0.15) is 5.82 Å². The molecule has 4 amide bonds. The molecule has 4 aliphatic rings. The normalized spacial score (nSPS) is 28.2. The van der Waals surface area contributed by atoms with Crippen molar-refractivity contribution in [3.63, 3.8) is 0 Å². The molecule has 3 aromatic carbocycles. The number of allylic oxidation sites excluding steroid dienone is 2. The van der Waals surface area contributed by atoms with Gasteiger partial charge in [-0.25, -0.2) is 9.29 Å². The zero-order chi connectivity index (χ0) is 33.5. The highest BCUT2D eigenvalue weighted by molar-refractivity contribution is 6.32. The van der Waals surface area contributed by atoms with Crippen LogP contribution in [0.15, 0.2) is 72.3 Å². The summed E-state index contributed by atoms with van der Waals surface area (Å²) in [4.78, 5) is 69.3. The molecule has 0 aromatic heterocycles. The lowest BCUT2D eigenvalue weighted by Crippen LogP contribution is -2.48. The number of aromatic hydroxyl groups is 1. The van der Waals surface area contributed by atoms with Crippen molar-refractivity contribution in [1.29, 1.82) is 0 Å². The molecule has 0 spiro atoms. The molecule has 7 rings (SSSR count). The molecule has 11 nitrogen and oxygen atoms in total. The molecule has 0 bridgehead atoms. The minimum atomic E-state index is -1.46. The van der Waals surface area contributed by atoms with Gasteiger partial charge in [-0.15, -0.1) is 0 Å². The Kier molecular flexibility index (Phi) is 6.97. The van der Waals surface area contributed by atoms with E-state index in [-0.39, 0.29) is 46.4 Å². The number of para-hydroxylation sites is 1. The summed E-state index contributed by atoms with van der Waals surface area (Å²) in [6.45, 7) is 1.65. The zero-order valence-corrected chi connectivity index (χ0v) is 25.8. The number of amides is 4. The summed E-state index contributed by atoms with van der Waals surface area (Å²) in [5.41, 5.74) is -0.424. The Morgan fingerprint density at radius 2 is 1.68 bits per heavy atom. The molecule has 2 saturated heterocycles. The second-order valence-electron chi connectivity index (χ2n) is 12.4. The van der Waals surface area contributed by atoms with Crippen LogP contribution in [0, 0.1) is 45.0 Å². The molecule has 3 fully saturated rings. The topological polar surface area (TPSA) is 147 Å². The van der Waals surface area contributed by atoms with Gasteiger partial charge in [-0.05, 0) is 62.1 Å². The highest BCUT2D eigenvalue weighted by Crippen LogP contribution is 2.65. The monoisotopic (exact) mass is 659 g/mol. The van der Waals surface area contributed by atoms with Crippen molar-refractivity contribution in [3.05, 3.63) is 98.8 Å². The molecule has 13 heteroatoms. The summed E-state index contributed by atoms with van der Waals surface area (Å²) < 4.78 is 19.5. The maximum absolute atomic E-state index is 14.5. The van der Waals surface area contributed by atoms with Gasteiger partial charge in [0.25, 0.3) is 5.69 Å². The fraction of sp³-hybridized carbons (Fsp3) is 0.294. The van der Waals surface area contributed by atoms with Crippen molar-refractivity contribution in [2.75, 3.05) is 16.9 Å². The number of halogens is 2. The Balaban J connectivity index is 1.36. The van der Waals surface area contributed by atoms with Crippen molar-refractivity contribution in [1.82, 2.24) is 0 Å². The van der Waals surface area contributed by atoms with Crippen molar-refractivity contribution in [3.8, 4) is 11.5 Å². The smallest absolute Gasteiger partial charge is 0.269 e. The molecular weight excluding hydrogens is 633 g/mol. The van der Waals surface area contributed by atoms with Gasteiger partial charge in [-0.3, -0.25) is 34.2 Å². The number of nitrogens with zero attached hydrogens (tertiary/aromatic N) is 3. The van der Waals surface area contributed by atoms with E-state index in [4.69, 9.17) is 16.3 Å². The third kappa shape index (κ3) is 4.23. The first kappa shape index (κ1) is 30.5. The standard InChI is InChI=1S/C34H27ClFN3O8/c1-34-23(31(42)38(33(34)44)18-10-13-25(36)24(35)14-18)15-22-19(28(34)21-4-3-5-26(47-2)29(21)40)11-12-20-27(22)32(43)37(30(20)41)16-6-8-17(9-7-16)39(45)46/h3-11,13-14,20,22-23,27-28,40H,12,15H2,1-2H3. The van der Waals surface area contributed by atoms with Crippen molar-refractivity contribution in [2.24, 2.45) is 29.1 Å². The van der Waals surface area contributed by atoms with Crippen molar-refractivity contribution >= 4 is 52.3 Å². The summed E-state index contributed by atoms with van der Waals surface area (Å²) in [6, 6.07) is 13.5. The Morgan fingerprint density at radius 3 is 2.34 bits per heavy atom. The first-order chi connectivity index (χ1) is 22.4. The van der Waals surface area contributed by atoms with E-state index in [1.54, 1.807) is 25.1 Å². The number of hydrogen-bond acceptors (Lipinski definition) is 8. The van der Waals surface area contributed by atoms with Crippen LogP contribution < -0.4 is 14.5 Å². The number of ether oxygens (including phenoxy) is 1. The van der Waals surface area contributed by atoms with Gasteiger partial charge in [0.2, 0.25) is 23.6 Å². The number of anilines is 2. The first-order valence-electron chi connectivity index (χ1n) is 14.9. The highest BCUT2D eigenvalue weighted by Gasteiger charge is 2.68. The van der Waals surface area contributed by atoms with Crippen LogP contribution in [0.1, 0.15) is 31.2 Å². The largest absolute Gasteiger partial charge is 0.504 e. The number of nitro benzene ring substituents is 1. The lowest BCUT2D eigenvalue weighted by Gasteiger charge is -2.49. The Morgan fingerprint density at radius 1 is 0.979 bits per heavy atom. The number of hydrogen-bond donors (Lipinski definition) is 1. The average Bonchev–Trinajstić information content (AvgIpc) is 3.42. The van der Waals surface area contributed by atoms with E-state index >= 15 is 0 Å². The minimum Gasteiger partial charge on any atom is -0.504 e. The molecular formula is C34H27ClFN3O8. The van der Waals surface area contributed by atoms with E-state index in [1.807, 2.05) is 6.08 Å². The number of nitro groups is 1.